The second-order valence-electron chi connectivity index (χ2n) is 4.35. The minimum Gasteiger partial charge on any atom is -0.369 e. The predicted molar refractivity (Wildman–Crippen MR) is 93.2 cm³/mol. The van der Waals surface area contributed by atoms with Gasteiger partial charge in [0, 0.05) is 0 Å². The van der Waals surface area contributed by atoms with Crippen LogP contribution in [0.3, 0.4) is 0 Å². The van der Waals surface area contributed by atoms with Crippen LogP contribution < -0.4 is 22.6 Å². The van der Waals surface area contributed by atoms with E-state index in [0.717, 1.165) is 0 Å². The van der Waals surface area contributed by atoms with Gasteiger partial charge in [-0.2, -0.15) is 9.97 Å². The maximum atomic E-state index is 11.1. The van der Waals surface area contributed by atoms with E-state index in [-0.39, 0.29) is 23.0 Å². The number of hydrogen-bond acceptors (Lipinski definition) is 8. The quantitative estimate of drug-likeness (QED) is 0.197. The van der Waals surface area contributed by atoms with Gasteiger partial charge in [0.2, 0.25) is 11.9 Å². The van der Waals surface area contributed by atoms with E-state index in [9.17, 15) is 9.59 Å². The van der Waals surface area contributed by atoms with Crippen LogP contribution in [-0.4, -0.2) is 39.9 Å². The molecule has 4 aromatic rings. The number of rotatable bonds is 0. The van der Waals surface area contributed by atoms with E-state index in [4.69, 9.17) is 11.5 Å². The van der Waals surface area contributed by atoms with Crippen LogP contribution in [0.5, 0.6) is 0 Å². The van der Waals surface area contributed by atoms with Gasteiger partial charge in [-0.25, -0.2) is 9.97 Å². The number of nitrogens with two attached hydrogens (primary N) is 2. The Kier molecular flexibility index (Phi) is 4.06. The summed E-state index contributed by atoms with van der Waals surface area (Å²) in [6.45, 7) is 0. The fourth-order valence-corrected chi connectivity index (χ4v) is 2.52. The summed E-state index contributed by atoms with van der Waals surface area (Å²) in [5.74, 6) is 0.123. The van der Waals surface area contributed by atoms with Crippen LogP contribution in [0.1, 0.15) is 0 Å². The van der Waals surface area contributed by atoms with Crippen LogP contribution >= 0.6 is 31.9 Å². The molecular formula is C10H8Br2N10O2. The number of anilines is 2. The van der Waals surface area contributed by atoms with Crippen molar-refractivity contribution in [2.75, 3.05) is 11.5 Å². The van der Waals surface area contributed by atoms with E-state index < -0.39 is 0 Å². The fourth-order valence-electron chi connectivity index (χ4n) is 1.79. The highest BCUT2D eigenvalue weighted by Gasteiger charge is 2.06. The van der Waals surface area contributed by atoms with Crippen molar-refractivity contribution in [1.82, 2.24) is 39.9 Å². The summed E-state index contributed by atoms with van der Waals surface area (Å²) >= 11 is 6.17. The molecule has 0 aromatic carbocycles. The van der Waals surface area contributed by atoms with Crippen molar-refractivity contribution in [3.63, 3.8) is 0 Å². The van der Waals surface area contributed by atoms with Crippen molar-refractivity contribution in [3.05, 3.63) is 30.2 Å². The highest BCUT2D eigenvalue weighted by molar-refractivity contribution is 9.10. The van der Waals surface area contributed by atoms with Gasteiger partial charge in [-0.15, -0.1) is 0 Å². The molecule has 0 aliphatic carbocycles. The fraction of sp³-hybridized carbons (Fsp3) is 0. The highest BCUT2D eigenvalue weighted by atomic mass is 79.9. The molecule has 0 saturated heterocycles. The van der Waals surface area contributed by atoms with Gasteiger partial charge in [-0.1, -0.05) is 0 Å². The third kappa shape index (κ3) is 3.13. The lowest BCUT2D eigenvalue weighted by Gasteiger charge is -1.89. The van der Waals surface area contributed by atoms with E-state index in [0.29, 0.717) is 31.8 Å². The number of nitrogen functional groups attached to an aromatic ring is 2. The lowest BCUT2D eigenvalue weighted by Crippen LogP contribution is -2.10. The molecule has 0 aliphatic rings. The van der Waals surface area contributed by atoms with Crippen LogP contribution in [0.15, 0.2) is 19.1 Å². The lowest BCUT2D eigenvalue weighted by molar-refractivity contribution is 1.17. The van der Waals surface area contributed by atoms with E-state index in [1.807, 2.05) is 0 Å². The molecule has 4 rings (SSSR count). The standard InChI is InChI=1S/2C5H4BrN5O/c2*6-4-8-1-2(9-4)10-5(7)11-3(1)12/h2*(H4,7,8,9,10,11,12). The van der Waals surface area contributed by atoms with Crippen molar-refractivity contribution in [3.8, 4) is 0 Å². The minimum atomic E-state index is -0.323. The van der Waals surface area contributed by atoms with Crippen molar-refractivity contribution < 1.29 is 0 Å². The summed E-state index contributed by atoms with van der Waals surface area (Å²) in [7, 11) is 0. The molecule has 0 bridgehead atoms. The average Bonchev–Trinajstić information content (AvgIpc) is 3.01. The zero-order valence-corrected chi connectivity index (χ0v) is 14.7. The van der Waals surface area contributed by atoms with Crippen molar-refractivity contribution in [2.24, 2.45) is 0 Å². The summed E-state index contributed by atoms with van der Waals surface area (Å²) in [5.41, 5.74) is 11.2. The van der Waals surface area contributed by atoms with Gasteiger partial charge in [0.05, 0.1) is 0 Å². The number of nitrogens with one attached hydrogen (secondary N) is 4. The van der Waals surface area contributed by atoms with Crippen LogP contribution in [0.25, 0.3) is 22.3 Å². The highest BCUT2D eigenvalue weighted by Crippen LogP contribution is 2.09. The number of hydrogen-bond donors (Lipinski definition) is 6. The topological polar surface area (TPSA) is 201 Å². The molecule has 0 atom stereocenters. The maximum Gasteiger partial charge on any atom is 0.278 e. The lowest BCUT2D eigenvalue weighted by atomic mass is 10.5. The van der Waals surface area contributed by atoms with Crippen LogP contribution in [0.4, 0.5) is 11.9 Å². The van der Waals surface area contributed by atoms with Gasteiger partial charge in [0.1, 0.15) is 0 Å². The summed E-state index contributed by atoms with van der Waals surface area (Å²) in [6, 6.07) is 0. The second kappa shape index (κ2) is 6.04. The van der Waals surface area contributed by atoms with E-state index in [2.05, 4.69) is 71.7 Å². The number of fused-ring (bicyclic) bond motifs is 2. The van der Waals surface area contributed by atoms with Crippen molar-refractivity contribution >= 4 is 66.1 Å². The van der Waals surface area contributed by atoms with Gasteiger partial charge in [-0.05, 0) is 31.9 Å². The molecule has 0 amide bonds. The van der Waals surface area contributed by atoms with Gasteiger partial charge < -0.3 is 21.4 Å². The molecule has 4 heterocycles. The Morgan fingerprint density at radius 2 is 1.04 bits per heavy atom. The first-order chi connectivity index (χ1) is 11.3. The molecule has 24 heavy (non-hydrogen) atoms. The largest absolute Gasteiger partial charge is 0.369 e. The molecule has 0 aliphatic heterocycles. The molecule has 12 nitrogen and oxygen atoms in total. The summed E-state index contributed by atoms with van der Waals surface area (Å²) in [6.07, 6.45) is 0. The monoisotopic (exact) mass is 458 g/mol. The van der Waals surface area contributed by atoms with Crippen LogP contribution in [-0.2, 0) is 0 Å². The third-order valence-electron chi connectivity index (χ3n) is 2.70. The van der Waals surface area contributed by atoms with E-state index in [1.54, 1.807) is 0 Å². The molecule has 0 saturated carbocycles. The third-order valence-corrected chi connectivity index (χ3v) is 3.45. The first-order valence-corrected chi connectivity index (χ1v) is 7.74. The first-order valence-electron chi connectivity index (χ1n) is 6.15. The average molecular weight is 460 g/mol. The smallest absolute Gasteiger partial charge is 0.278 e. The first kappa shape index (κ1) is 16.1. The number of aromatic nitrogens is 8. The summed E-state index contributed by atoms with van der Waals surface area (Å²) in [5, 5.41) is 0. The summed E-state index contributed by atoms with van der Waals surface area (Å²) < 4.78 is 0.919. The second-order valence-corrected chi connectivity index (χ2v) is 5.86. The molecule has 0 radical (unpaired) electrons. The Morgan fingerprint density at radius 1 is 0.667 bits per heavy atom. The van der Waals surface area contributed by atoms with Crippen LogP contribution in [0, 0.1) is 0 Å². The summed E-state index contributed by atoms with van der Waals surface area (Å²) in [4.78, 5) is 47.8. The molecule has 0 spiro atoms. The Labute approximate surface area is 147 Å². The maximum absolute atomic E-state index is 11.1. The van der Waals surface area contributed by atoms with E-state index >= 15 is 0 Å². The molecular weight excluding hydrogens is 452 g/mol. The van der Waals surface area contributed by atoms with E-state index in [1.165, 1.54) is 0 Å². The number of H-pyrrole nitrogens is 4. The SMILES string of the molecule is Nc1nc2nc(Br)[nH]c2c(=O)[nH]1.Nc1nc2nc(Br)[nH]c2c(=O)[nH]1. The Balaban J connectivity index is 0.000000141. The molecule has 0 unspecified atom stereocenters. The minimum absolute atomic E-state index is 0.0616. The molecule has 124 valence electrons. The predicted octanol–water partition coefficient (Wildman–Crippen LogP) is -0.0182. The number of imidazole rings is 2. The molecule has 8 N–H and O–H groups in total. The molecule has 0 fully saturated rings. The number of halogens is 2. The number of nitrogens with zero attached hydrogens (tertiary/aromatic N) is 4. The number of aromatic amines is 4. The van der Waals surface area contributed by atoms with Gasteiger partial charge in [0.25, 0.3) is 11.1 Å². The van der Waals surface area contributed by atoms with Gasteiger partial charge in [-0.3, -0.25) is 19.6 Å². The Bertz CT molecular complexity index is 1060. The Hall–Kier alpha value is -2.74. The van der Waals surface area contributed by atoms with Crippen molar-refractivity contribution in [2.45, 2.75) is 0 Å². The normalized spacial score (nSPS) is 10.8. The van der Waals surface area contributed by atoms with Crippen molar-refractivity contribution in [1.29, 1.82) is 0 Å². The van der Waals surface area contributed by atoms with Gasteiger partial charge in [0.15, 0.2) is 31.8 Å². The molecule has 4 aromatic heterocycles. The zero-order chi connectivity index (χ0) is 17.4. The Morgan fingerprint density at radius 3 is 1.42 bits per heavy atom. The zero-order valence-electron chi connectivity index (χ0n) is 11.5. The van der Waals surface area contributed by atoms with Crippen LogP contribution in [0.2, 0.25) is 0 Å². The van der Waals surface area contributed by atoms with Gasteiger partial charge >= 0.3 is 0 Å². The molecule has 14 heteroatoms.